The molecule has 0 radical (unpaired) electrons. The van der Waals surface area contributed by atoms with Crippen LogP contribution in [0.4, 0.5) is 0 Å². The van der Waals surface area contributed by atoms with Crippen LogP contribution >= 0.6 is 0 Å². The summed E-state index contributed by atoms with van der Waals surface area (Å²) in [4.78, 5) is 4.23. The van der Waals surface area contributed by atoms with Crippen LogP contribution in [0.25, 0.3) is 0 Å². The first-order valence-corrected chi connectivity index (χ1v) is 4.51. The lowest BCUT2D eigenvalue weighted by Crippen LogP contribution is -2.08. The maximum Gasteiger partial charge on any atom is 0.0315 e. The fourth-order valence-electron chi connectivity index (χ4n) is 1.91. The van der Waals surface area contributed by atoms with Gasteiger partial charge in [0.2, 0.25) is 0 Å². The second-order valence-corrected chi connectivity index (χ2v) is 3.32. The second kappa shape index (κ2) is 3.23. The Morgan fingerprint density at radius 3 is 3.17 bits per heavy atom. The molecule has 0 amide bonds. The van der Waals surface area contributed by atoms with Crippen LogP contribution in [0.1, 0.15) is 23.1 Å². The molecule has 0 unspecified atom stereocenters. The molecule has 1 aliphatic rings. The summed E-state index contributed by atoms with van der Waals surface area (Å²) in [7, 11) is 1.98. The first-order chi connectivity index (χ1) is 5.92. The van der Waals surface area contributed by atoms with E-state index in [0.717, 1.165) is 6.54 Å². The van der Waals surface area contributed by atoms with Gasteiger partial charge in [0.25, 0.3) is 0 Å². The van der Waals surface area contributed by atoms with Gasteiger partial charge in [0.1, 0.15) is 0 Å². The van der Waals surface area contributed by atoms with Crippen LogP contribution < -0.4 is 5.32 Å². The van der Waals surface area contributed by atoms with Gasteiger partial charge in [-0.2, -0.15) is 0 Å². The van der Waals surface area contributed by atoms with Crippen LogP contribution in [0, 0.1) is 0 Å². The topological polar surface area (TPSA) is 24.9 Å². The number of hydrogen-bond acceptors (Lipinski definition) is 2. The number of hydrogen-bond donors (Lipinski definition) is 1. The Kier molecular flexibility index (Phi) is 2.09. The van der Waals surface area contributed by atoms with Crippen LogP contribution in [0.2, 0.25) is 0 Å². The molecule has 0 spiro atoms. The Morgan fingerprint density at radius 2 is 2.33 bits per heavy atom. The number of fused-ring (bicyclic) bond motifs is 1. The summed E-state index contributed by atoms with van der Waals surface area (Å²) in [5, 5.41) is 3.17. The van der Waals surface area contributed by atoms with E-state index in [-0.39, 0.29) is 0 Å². The second-order valence-electron chi connectivity index (χ2n) is 3.32. The number of aryl methyl sites for hydroxylation is 1. The molecule has 2 nitrogen and oxygen atoms in total. The van der Waals surface area contributed by atoms with Gasteiger partial charge in [-0.15, -0.1) is 0 Å². The molecular formula is C10H14N2. The lowest BCUT2D eigenvalue weighted by atomic mass is 10.1. The van der Waals surface area contributed by atoms with Gasteiger partial charge in [0, 0.05) is 18.9 Å². The van der Waals surface area contributed by atoms with Crippen molar-refractivity contribution < 1.29 is 0 Å². The minimum atomic E-state index is 0.955. The summed E-state index contributed by atoms with van der Waals surface area (Å²) >= 11 is 0. The SMILES string of the molecule is CNCc1cncc2c1CCC2. The molecule has 1 aliphatic carbocycles. The summed E-state index contributed by atoms with van der Waals surface area (Å²) < 4.78 is 0. The molecule has 0 aromatic carbocycles. The van der Waals surface area contributed by atoms with E-state index in [1.54, 1.807) is 5.56 Å². The first kappa shape index (κ1) is 7.74. The Morgan fingerprint density at radius 1 is 1.42 bits per heavy atom. The van der Waals surface area contributed by atoms with Crippen molar-refractivity contribution in [3.8, 4) is 0 Å². The maximum atomic E-state index is 4.23. The van der Waals surface area contributed by atoms with E-state index in [1.165, 1.54) is 30.4 Å². The highest BCUT2D eigenvalue weighted by Crippen LogP contribution is 2.23. The van der Waals surface area contributed by atoms with E-state index in [0.29, 0.717) is 0 Å². The van der Waals surface area contributed by atoms with Crippen LogP contribution in [0.15, 0.2) is 12.4 Å². The van der Waals surface area contributed by atoms with Crippen molar-refractivity contribution in [1.29, 1.82) is 0 Å². The van der Waals surface area contributed by atoms with Crippen molar-refractivity contribution >= 4 is 0 Å². The minimum absolute atomic E-state index is 0.955. The van der Waals surface area contributed by atoms with Crippen molar-refractivity contribution in [3.05, 3.63) is 29.1 Å². The average molecular weight is 162 g/mol. The standard InChI is InChI=1S/C10H14N2/c1-11-5-9-7-12-6-8-3-2-4-10(8)9/h6-7,11H,2-5H2,1H3. The summed E-state index contributed by atoms with van der Waals surface area (Å²) in [6, 6.07) is 0. The molecule has 12 heavy (non-hydrogen) atoms. The molecule has 1 N–H and O–H groups in total. The van der Waals surface area contributed by atoms with E-state index in [2.05, 4.69) is 10.3 Å². The average Bonchev–Trinajstić information content (AvgIpc) is 2.53. The zero-order chi connectivity index (χ0) is 8.39. The summed E-state index contributed by atoms with van der Waals surface area (Å²) in [6.07, 6.45) is 7.77. The van der Waals surface area contributed by atoms with Gasteiger partial charge in [0.15, 0.2) is 0 Å². The van der Waals surface area contributed by atoms with Crippen LogP contribution in [0.5, 0.6) is 0 Å². The smallest absolute Gasteiger partial charge is 0.0315 e. The Hall–Kier alpha value is -0.890. The fraction of sp³-hybridized carbons (Fsp3) is 0.500. The highest BCUT2D eigenvalue weighted by atomic mass is 14.8. The van der Waals surface area contributed by atoms with Crippen LogP contribution in [-0.4, -0.2) is 12.0 Å². The van der Waals surface area contributed by atoms with E-state index in [1.807, 2.05) is 19.4 Å². The highest BCUT2D eigenvalue weighted by molar-refractivity contribution is 5.35. The molecule has 0 saturated carbocycles. The number of rotatable bonds is 2. The van der Waals surface area contributed by atoms with Gasteiger partial charge < -0.3 is 5.32 Å². The van der Waals surface area contributed by atoms with Crippen molar-refractivity contribution in [3.63, 3.8) is 0 Å². The highest BCUT2D eigenvalue weighted by Gasteiger charge is 2.13. The molecule has 1 heterocycles. The Labute approximate surface area is 73.0 Å². The number of nitrogens with zero attached hydrogens (tertiary/aromatic N) is 1. The number of nitrogens with one attached hydrogen (secondary N) is 1. The maximum absolute atomic E-state index is 4.23. The zero-order valence-corrected chi connectivity index (χ0v) is 7.43. The predicted molar refractivity (Wildman–Crippen MR) is 49.0 cm³/mol. The van der Waals surface area contributed by atoms with Crippen LogP contribution in [0.3, 0.4) is 0 Å². The van der Waals surface area contributed by atoms with Gasteiger partial charge in [-0.25, -0.2) is 0 Å². The molecule has 0 aliphatic heterocycles. The van der Waals surface area contributed by atoms with E-state index < -0.39 is 0 Å². The largest absolute Gasteiger partial charge is 0.316 e. The van der Waals surface area contributed by atoms with Gasteiger partial charge in [0.05, 0.1) is 0 Å². The van der Waals surface area contributed by atoms with Crippen molar-refractivity contribution in [1.82, 2.24) is 10.3 Å². The van der Waals surface area contributed by atoms with Gasteiger partial charge in [-0.3, -0.25) is 4.98 Å². The molecule has 0 fully saturated rings. The van der Waals surface area contributed by atoms with Crippen molar-refractivity contribution in [2.75, 3.05) is 7.05 Å². The minimum Gasteiger partial charge on any atom is -0.316 e. The lowest BCUT2D eigenvalue weighted by Gasteiger charge is -2.05. The molecule has 1 aromatic heterocycles. The molecule has 0 atom stereocenters. The monoisotopic (exact) mass is 162 g/mol. The normalized spacial score (nSPS) is 14.8. The quantitative estimate of drug-likeness (QED) is 0.708. The van der Waals surface area contributed by atoms with E-state index in [9.17, 15) is 0 Å². The summed E-state index contributed by atoms with van der Waals surface area (Å²) in [5.74, 6) is 0. The van der Waals surface area contributed by atoms with Gasteiger partial charge >= 0.3 is 0 Å². The molecule has 2 rings (SSSR count). The fourth-order valence-corrected chi connectivity index (χ4v) is 1.91. The van der Waals surface area contributed by atoms with Crippen LogP contribution in [-0.2, 0) is 19.4 Å². The first-order valence-electron chi connectivity index (χ1n) is 4.51. The summed E-state index contributed by atoms with van der Waals surface area (Å²) in [6.45, 7) is 0.955. The van der Waals surface area contributed by atoms with E-state index in [4.69, 9.17) is 0 Å². The molecule has 2 heteroatoms. The van der Waals surface area contributed by atoms with E-state index >= 15 is 0 Å². The molecule has 0 bridgehead atoms. The molecular weight excluding hydrogens is 148 g/mol. The van der Waals surface area contributed by atoms with Crippen molar-refractivity contribution in [2.45, 2.75) is 25.8 Å². The Balaban J connectivity index is 2.36. The number of aromatic nitrogens is 1. The third-order valence-electron chi connectivity index (χ3n) is 2.48. The molecule has 0 saturated heterocycles. The predicted octanol–water partition coefficient (Wildman–Crippen LogP) is 1.29. The Bertz CT molecular complexity index is 281. The summed E-state index contributed by atoms with van der Waals surface area (Å²) in [5.41, 5.74) is 4.38. The third-order valence-corrected chi connectivity index (χ3v) is 2.48. The van der Waals surface area contributed by atoms with Gasteiger partial charge in [-0.1, -0.05) is 0 Å². The van der Waals surface area contributed by atoms with Crippen molar-refractivity contribution in [2.24, 2.45) is 0 Å². The third kappa shape index (κ3) is 1.23. The molecule has 1 aromatic rings. The molecule has 64 valence electrons. The lowest BCUT2D eigenvalue weighted by molar-refractivity contribution is 0.799. The number of pyridine rings is 1. The van der Waals surface area contributed by atoms with Gasteiger partial charge in [-0.05, 0) is 43.0 Å². The zero-order valence-electron chi connectivity index (χ0n) is 7.43.